The van der Waals surface area contributed by atoms with Gasteiger partial charge in [-0.05, 0) is 37.0 Å². The molecule has 0 bridgehead atoms. The van der Waals surface area contributed by atoms with E-state index in [-0.39, 0.29) is 6.10 Å². The Hall–Kier alpha value is -1.02. The van der Waals surface area contributed by atoms with E-state index in [1.54, 1.807) is 0 Å². The molecule has 1 aromatic rings. The van der Waals surface area contributed by atoms with Gasteiger partial charge >= 0.3 is 0 Å². The lowest BCUT2D eigenvalue weighted by Gasteiger charge is -2.09. The van der Waals surface area contributed by atoms with Gasteiger partial charge in [0.05, 0.1) is 6.10 Å². The molecule has 0 fully saturated rings. The third kappa shape index (κ3) is 1.68. The lowest BCUT2D eigenvalue weighted by atomic mass is 10.0. The second-order valence-corrected chi connectivity index (χ2v) is 3.67. The van der Waals surface area contributed by atoms with Crippen molar-refractivity contribution in [2.75, 3.05) is 11.9 Å². The van der Waals surface area contributed by atoms with Crippen LogP contribution >= 0.6 is 0 Å². The number of hydrogen-bond acceptors (Lipinski definition) is 2. The molecule has 0 radical (unpaired) electrons. The maximum atomic E-state index is 9.32. The number of hydrogen-bond donors (Lipinski definition) is 2. The lowest BCUT2D eigenvalue weighted by Crippen LogP contribution is -2.06. The first-order valence-corrected chi connectivity index (χ1v) is 4.80. The number of benzene rings is 1. The summed E-state index contributed by atoms with van der Waals surface area (Å²) in [6.07, 6.45) is 1.62. The van der Waals surface area contributed by atoms with Crippen LogP contribution in [0.4, 0.5) is 5.69 Å². The third-order valence-corrected chi connectivity index (χ3v) is 2.48. The minimum absolute atomic E-state index is 0.243. The van der Waals surface area contributed by atoms with Crippen molar-refractivity contribution in [2.45, 2.75) is 25.9 Å². The smallest absolute Gasteiger partial charge is 0.0552 e. The van der Waals surface area contributed by atoms with E-state index in [1.165, 1.54) is 16.8 Å². The molecule has 70 valence electrons. The Morgan fingerprint density at radius 1 is 1.54 bits per heavy atom. The minimum atomic E-state index is -0.243. The molecule has 1 unspecified atom stereocenters. The summed E-state index contributed by atoms with van der Waals surface area (Å²) in [5, 5.41) is 12.6. The van der Waals surface area contributed by atoms with Gasteiger partial charge in [0.2, 0.25) is 0 Å². The third-order valence-electron chi connectivity index (χ3n) is 2.48. The number of aliphatic hydroxyl groups excluding tert-OH is 1. The average Bonchev–Trinajstić information content (AvgIpc) is 2.51. The van der Waals surface area contributed by atoms with Crippen molar-refractivity contribution in [3.8, 4) is 0 Å². The SMILES string of the molecule is CC(O)Cc1cccc2c1CCN2. The zero-order valence-electron chi connectivity index (χ0n) is 7.88. The van der Waals surface area contributed by atoms with E-state index in [0.717, 1.165) is 19.4 Å². The highest BCUT2D eigenvalue weighted by molar-refractivity contribution is 5.58. The largest absolute Gasteiger partial charge is 0.393 e. The summed E-state index contributed by atoms with van der Waals surface area (Å²) in [7, 11) is 0. The molecule has 0 amide bonds. The van der Waals surface area contributed by atoms with Gasteiger partial charge in [-0.3, -0.25) is 0 Å². The normalized spacial score (nSPS) is 16.5. The van der Waals surface area contributed by atoms with Crippen molar-refractivity contribution in [3.05, 3.63) is 29.3 Å². The molecule has 0 saturated carbocycles. The molecule has 0 aromatic heterocycles. The molecule has 2 rings (SSSR count). The highest BCUT2D eigenvalue weighted by atomic mass is 16.3. The molecule has 0 aliphatic carbocycles. The van der Waals surface area contributed by atoms with Crippen LogP contribution in [0.2, 0.25) is 0 Å². The van der Waals surface area contributed by atoms with Gasteiger partial charge in [0.15, 0.2) is 0 Å². The summed E-state index contributed by atoms with van der Waals surface area (Å²) < 4.78 is 0. The molecule has 1 aliphatic rings. The second kappa shape index (κ2) is 3.38. The van der Waals surface area contributed by atoms with Crippen molar-refractivity contribution in [2.24, 2.45) is 0 Å². The van der Waals surface area contributed by atoms with Gasteiger partial charge in [-0.1, -0.05) is 12.1 Å². The number of anilines is 1. The summed E-state index contributed by atoms with van der Waals surface area (Å²) in [4.78, 5) is 0. The van der Waals surface area contributed by atoms with E-state index in [1.807, 2.05) is 6.92 Å². The first-order chi connectivity index (χ1) is 6.27. The number of rotatable bonds is 2. The number of fused-ring (bicyclic) bond motifs is 1. The van der Waals surface area contributed by atoms with Crippen molar-refractivity contribution in [1.82, 2.24) is 0 Å². The van der Waals surface area contributed by atoms with Crippen LogP contribution in [-0.4, -0.2) is 17.8 Å². The van der Waals surface area contributed by atoms with Crippen LogP contribution in [0.3, 0.4) is 0 Å². The zero-order valence-corrected chi connectivity index (χ0v) is 7.88. The Balaban J connectivity index is 2.30. The zero-order chi connectivity index (χ0) is 9.26. The number of aliphatic hydroxyl groups is 1. The summed E-state index contributed by atoms with van der Waals surface area (Å²) >= 11 is 0. The van der Waals surface area contributed by atoms with Crippen molar-refractivity contribution >= 4 is 5.69 Å². The summed E-state index contributed by atoms with van der Waals surface area (Å²) in [5.74, 6) is 0. The van der Waals surface area contributed by atoms with E-state index in [9.17, 15) is 5.11 Å². The Morgan fingerprint density at radius 2 is 2.38 bits per heavy atom. The van der Waals surface area contributed by atoms with Gasteiger partial charge in [-0.2, -0.15) is 0 Å². The molecule has 0 spiro atoms. The summed E-state index contributed by atoms with van der Waals surface area (Å²) in [6, 6.07) is 6.27. The maximum absolute atomic E-state index is 9.32. The lowest BCUT2D eigenvalue weighted by molar-refractivity contribution is 0.195. The van der Waals surface area contributed by atoms with E-state index in [0.29, 0.717) is 0 Å². The van der Waals surface area contributed by atoms with Crippen LogP contribution in [0, 0.1) is 0 Å². The molecule has 1 atom stereocenters. The standard InChI is InChI=1S/C11H15NO/c1-8(13)7-9-3-2-4-11-10(9)5-6-12-11/h2-4,8,12-13H,5-7H2,1H3. The molecule has 1 aliphatic heterocycles. The van der Waals surface area contributed by atoms with Crippen molar-refractivity contribution in [3.63, 3.8) is 0 Å². The molecule has 2 heteroatoms. The Kier molecular flexibility index (Phi) is 2.23. The first kappa shape index (κ1) is 8.57. The van der Waals surface area contributed by atoms with E-state index < -0.39 is 0 Å². The fourth-order valence-corrected chi connectivity index (χ4v) is 1.93. The molecular formula is C11H15NO. The van der Waals surface area contributed by atoms with Crippen LogP contribution in [0.25, 0.3) is 0 Å². The first-order valence-electron chi connectivity index (χ1n) is 4.80. The van der Waals surface area contributed by atoms with Crippen LogP contribution < -0.4 is 5.32 Å². The average molecular weight is 177 g/mol. The van der Waals surface area contributed by atoms with E-state index in [2.05, 4.69) is 23.5 Å². The maximum Gasteiger partial charge on any atom is 0.0552 e. The van der Waals surface area contributed by atoms with Crippen molar-refractivity contribution < 1.29 is 5.11 Å². The van der Waals surface area contributed by atoms with Gasteiger partial charge in [0.25, 0.3) is 0 Å². The van der Waals surface area contributed by atoms with Crippen LogP contribution in [0.15, 0.2) is 18.2 Å². The molecule has 13 heavy (non-hydrogen) atoms. The van der Waals surface area contributed by atoms with Crippen molar-refractivity contribution in [1.29, 1.82) is 0 Å². The second-order valence-electron chi connectivity index (χ2n) is 3.67. The Labute approximate surface area is 78.6 Å². The van der Waals surface area contributed by atoms with Gasteiger partial charge < -0.3 is 10.4 Å². The Morgan fingerprint density at radius 3 is 3.15 bits per heavy atom. The molecule has 0 saturated heterocycles. The predicted octanol–water partition coefficient (Wildman–Crippen LogP) is 1.58. The van der Waals surface area contributed by atoms with E-state index >= 15 is 0 Å². The van der Waals surface area contributed by atoms with Gasteiger partial charge in [-0.25, -0.2) is 0 Å². The summed E-state index contributed by atoms with van der Waals surface area (Å²) in [5.41, 5.74) is 3.93. The van der Waals surface area contributed by atoms with E-state index in [4.69, 9.17) is 0 Å². The van der Waals surface area contributed by atoms with Gasteiger partial charge in [0.1, 0.15) is 0 Å². The summed E-state index contributed by atoms with van der Waals surface area (Å²) in [6.45, 7) is 2.87. The molecule has 2 nitrogen and oxygen atoms in total. The monoisotopic (exact) mass is 177 g/mol. The topological polar surface area (TPSA) is 32.3 Å². The van der Waals surface area contributed by atoms with Gasteiger partial charge in [0, 0.05) is 12.2 Å². The highest BCUT2D eigenvalue weighted by Crippen LogP contribution is 2.26. The number of nitrogens with one attached hydrogen (secondary N) is 1. The fraction of sp³-hybridized carbons (Fsp3) is 0.455. The van der Waals surface area contributed by atoms with Crippen LogP contribution in [-0.2, 0) is 12.8 Å². The molecule has 1 aromatic carbocycles. The Bertz CT molecular complexity index is 307. The van der Waals surface area contributed by atoms with Crippen LogP contribution in [0.5, 0.6) is 0 Å². The van der Waals surface area contributed by atoms with Crippen LogP contribution in [0.1, 0.15) is 18.1 Å². The molecule has 1 heterocycles. The van der Waals surface area contributed by atoms with Gasteiger partial charge in [-0.15, -0.1) is 0 Å². The minimum Gasteiger partial charge on any atom is -0.393 e. The molecular weight excluding hydrogens is 162 g/mol. The fourth-order valence-electron chi connectivity index (χ4n) is 1.93. The highest BCUT2D eigenvalue weighted by Gasteiger charge is 2.14. The predicted molar refractivity (Wildman–Crippen MR) is 54.0 cm³/mol. The quantitative estimate of drug-likeness (QED) is 0.718. The molecule has 2 N–H and O–H groups in total.